The zero-order chi connectivity index (χ0) is 18.5. The number of likely N-dealkylation sites (tertiary alicyclic amines) is 1. The molecular formula is C16H22ClN7O2. The van der Waals surface area contributed by atoms with E-state index in [9.17, 15) is 4.79 Å². The van der Waals surface area contributed by atoms with Crippen LogP contribution in [-0.4, -0.2) is 61.4 Å². The van der Waals surface area contributed by atoms with Crippen molar-refractivity contribution in [3.63, 3.8) is 0 Å². The average molecular weight is 380 g/mol. The first-order chi connectivity index (χ1) is 12.6. The molecular weight excluding hydrogens is 358 g/mol. The molecule has 3 rings (SSSR count). The Bertz CT molecular complexity index is 767. The Morgan fingerprint density at radius 1 is 1.46 bits per heavy atom. The smallest absolute Gasteiger partial charge is 0.229 e. The van der Waals surface area contributed by atoms with Crippen molar-refractivity contribution in [2.24, 2.45) is 0 Å². The Morgan fingerprint density at radius 2 is 2.31 bits per heavy atom. The number of nitrogens with zero attached hydrogens (tertiary/aromatic N) is 5. The summed E-state index contributed by atoms with van der Waals surface area (Å²) in [5.74, 6) is 0.989. The van der Waals surface area contributed by atoms with E-state index in [1.54, 1.807) is 24.0 Å². The Kier molecular flexibility index (Phi) is 5.89. The minimum atomic E-state index is 0.0189. The van der Waals surface area contributed by atoms with Crippen LogP contribution in [0, 0.1) is 0 Å². The van der Waals surface area contributed by atoms with Gasteiger partial charge < -0.3 is 20.6 Å². The van der Waals surface area contributed by atoms with E-state index in [-0.39, 0.29) is 18.6 Å². The van der Waals surface area contributed by atoms with Gasteiger partial charge in [0.1, 0.15) is 5.02 Å². The Labute approximate surface area is 156 Å². The van der Waals surface area contributed by atoms with Gasteiger partial charge in [-0.1, -0.05) is 11.6 Å². The molecule has 3 N–H and O–H groups in total. The molecule has 1 atom stereocenters. The number of nitrogens with one attached hydrogen (secondary N) is 2. The third kappa shape index (κ3) is 4.41. The molecule has 1 aliphatic heterocycles. The highest BCUT2D eigenvalue weighted by molar-refractivity contribution is 6.32. The molecule has 1 fully saturated rings. The van der Waals surface area contributed by atoms with Crippen molar-refractivity contribution in [3.05, 3.63) is 23.6 Å². The molecule has 0 unspecified atom stereocenters. The van der Waals surface area contributed by atoms with E-state index in [1.807, 2.05) is 4.90 Å². The fourth-order valence-corrected chi connectivity index (χ4v) is 3.17. The number of amides is 1. The van der Waals surface area contributed by atoms with Crippen molar-refractivity contribution < 1.29 is 9.90 Å². The molecule has 1 aliphatic rings. The Morgan fingerprint density at radius 3 is 3.08 bits per heavy atom. The third-order valence-corrected chi connectivity index (χ3v) is 4.53. The molecule has 10 heteroatoms. The number of carbonyl (C=O) groups is 1. The molecule has 9 nitrogen and oxygen atoms in total. The molecule has 140 valence electrons. The van der Waals surface area contributed by atoms with E-state index in [2.05, 4.69) is 25.7 Å². The Hall–Kier alpha value is -2.39. The van der Waals surface area contributed by atoms with Crippen molar-refractivity contribution in [2.45, 2.75) is 32.4 Å². The number of hydrogen-bond donors (Lipinski definition) is 3. The normalized spacial score (nSPS) is 16.7. The van der Waals surface area contributed by atoms with E-state index in [4.69, 9.17) is 16.7 Å². The number of rotatable bonds is 7. The Balaban J connectivity index is 1.64. The fourth-order valence-electron chi connectivity index (χ4n) is 3.01. The number of aromatic nitrogens is 4. The standard InChI is InChI=1S/C16H22ClN7O2/c1-11(26)24-4-2-3-13(24)8-18-15-14(17)9-19-16(22-15)21-12-7-20-23(10-12)5-6-25/h7,9-10,13,25H,2-6,8H2,1H3,(H2,18,19,21,22)/t13-/m0/s1. The molecule has 0 spiro atoms. The van der Waals surface area contributed by atoms with E-state index >= 15 is 0 Å². The summed E-state index contributed by atoms with van der Waals surface area (Å²) < 4.78 is 1.62. The summed E-state index contributed by atoms with van der Waals surface area (Å²) in [6.45, 7) is 3.41. The predicted molar refractivity (Wildman–Crippen MR) is 98.5 cm³/mol. The van der Waals surface area contributed by atoms with E-state index in [1.165, 1.54) is 6.20 Å². The summed E-state index contributed by atoms with van der Waals surface area (Å²) in [6.07, 6.45) is 6.88. The van der Waals surface area contributed by atoms with E-state index < -0.39 is 0 Å². The van der Waals surface area contributed by atoms with E-state index in [0.29, 0.717) is 35.6 Å². The van der Waals surface area contributed by atoms with Crippen molar-refractivity contribution in [1.82, 2.24) is 24.6 Å². The molecule has 0 aromatic carbocycles. The molecule has 0 aliphatic carbocycles. The number of anilines is 3. The lowest BCUT2D eigenvalue weighted by Crippen LogP contribution is -2.38. The molecule has 1 saturated heterocycles. The summed E-state index contributed by atoms with van der Waals surface area (Å²) in [6, 6.07) is 0.145. The van der Waals surface area contributed by atoms with Crippen LogP contribution in [0.4, 0.5) is 17.5 Å². The molecule has 0 radical (unpaired) electrons. The van der Waals surface area contributed by atoms with Gasteiger partial charge in [0.05, 0.1) is 31.2 Å². The number of halogens is 1. The number of carbonyl (C=O) groups excluding carboxylic acids is 1. The van der Waals surface area contributed by atoms with Crippen molar-refractivity contribution >= 4 is 35.0 Å². The summed E-state index contributed by atoms with van der Waals surface area (Å²) in [5.41, 5.74) is 0.713. The monoisotopic (exact) mass is 379 g/mol. The molecule has 1 amide bonds. The minimum Gasteiger partial charge on any atom is -0.394 e. The van der Waals surface area contributed by atoms with Crippen LogP contribution in [0.25, 0.3) is 0 Å². The lowest BCUT2D eigenvalue weighted by Gasteiger charge is -2.23. The average Bonchev–Trinajstić information content (AvgIpc) is 3.25. The maximum Gasteiger partial charge on any atom is 0.229 e. The van der Waals surface area contributed by atoms with Gasteiger partial charge in [0, 0.05) is 32.3 Å². The van der Waals surface area contributed by atoms with Crippen LogP contribution in [0.5, 0.6) is 0 Å². The van der Waals surface area contributed by atoms with Gasteiger partial charge in [-0.3, -0.25) is 9.48 Å². The maximum absolute atomic E-state index is 11.7. The van der Waals surface area contributed by atoms with Crippen molar-refractivity contribution in [1.29, 1.82) is 0 Å². The highest BCUT2D eigenvalue weighted by Crippen LogP contribution is 2.23. The molecule has 0 bridgehead atoms. The van der Waals surface area contributed by atoms with Crippen LogP contribution >= 0.6 is 11.6 Å². The second kappa shape index (κ2) is 8.33. The van der Waals surface area contributed by atoms with Crippen LogP contribution < -0.4 is 10.6 Å². The highest BCUT2D eigenvalue weighted by atomic mass is 35.5. The van der Waals surface area contributed by atoms with Crippen LogP contribution in [0.2, 0.25) is 5.02 Å². The molecule has 2 aromatic heterocycles. The first kappa shape index (κ1) is 18.4. The quantitative estimate of drug-likeness (QED) is 0.668. The van der Waals surface area contributed by atoms with E-state index in [0.717, 1.165) is 19.4 Å². The van der Waals surface area contributed by atoms with Gasteiger partial charge in [0.2, 0.25) is 11.9 Å². The first-order valence-corrected chi connectivity index (χ1v) is 8.88. The second-order valence-corrected chi connectivity index (χ2v) is 6.53. The van der Waals surface area contributed by atoms with Gasteiger partial charge in [0.25, 0.3) is 0 Å². The lowest BCUT2D eigenvalue weighted by molar-refractivity contribution is -0.129. The summed E-state index contributed by atoms with van der Waals surface area (Å²) in [4.78, 5) is 22.1. The van der Waals surface area contributed by atoms with Gasteiger partial charge >= 0.3 is 0 Å². The second-order valence-electron chi connectivity index (χ2n) is 6.12. The number of aliphatic hydroxyl groups is 1. The molecule has 2 aromatic rings. The van der Waals surface area contributed by atoms with Crippen LogP contribution in [0.3, 0.4) is 0 Å². The van der Waals surface area contributed by atoms with Gasteiger partial charge in [-0.25, -0.2) is 4.98 Å². The number of aliphatic hydroxyl groups excluding tert-OH is 1. The van der Waals surface area contributed by atoms with Gasteiger partial charge in [-0.15, -0.1) is 0 Å². The topological polar surface area (TPSA) is 108 Å². The highest BCUT2D eigenvalue weighted by Gasteiger charge is 2.26. The van der Waals surface area contributed by atoms with Crippen molar-refractivity contribution in [3.8, 4) is 0 Å². The zero-order valence-corrected chi connectivity index (χ0v) is 15.3. The van der Waals surface area contributed by atoms with Gasteiger partial charge in [-0.05, 0) is 12.8 Å². The third-order valence-electron chi connectivity index (χ3n) is 4.25. The molecule has 0 saturated carbocycles. The fraction of sp³-hybridized carbons (Fsp3) is 0.500. The molecule has 3 heterocycles. The largest absolute Gasteiger partial charge is 0.394 e. The molecule has 26 heavy (non-hydrogen) atoms. The summed E-state index contributed by atoms with van der Waals surface area (Å²) in [7, 11) is 0. The van der Waals surface area contributed by atoms with Crippen LogP contribution in [0.15, 0.2) is 18.6 Å². The number of hydrogen-bond acceptors (Lipinski definition) is 7. The predicted octanol–water partition coefficient (Wildman–Crippen LogP) is 1.49. The SMILES string of the molecule is CC(=O)N1CCC[C@H]1CNc1nc(Nc2cnn(CCO)c2)ncc1Cl. The summed E-state index contributed by atoms with van der Waals surface area (Å²) >= 11 is 6.19. The van der Waals surface area contributed by atoms with Crippen LogP contribution in [-0.2, 0) is 11.3 Å². The first-order valence-electron chi connectivity index (χ1n) is 8.51. The van der Waals surface area contributed by atoms with Gasteiger partial charge in [-0.2, -0.15) is 10.1 Å². The maximum atomic E-state index is 11.7. The van der Waals surface area contributed by atoms with Crippen LogP contribution in [0.1, 0.15) is 19.8 Å². The minimum absolute atomic E-state index is 0.0189. The van der Waals surface area contributed by atoms with Gasteiger partial charge in [0.15, 0.2) is 5.82 Å². The lowest BCUT2D eigenvalue weighted by atomic mass is 10.2. The zero-order valence-electron chi connectivity index (χ0n) is 14.5. The van der Waals surface area contributed by atoms with Crippen molar-refractivity contribution in [2.75, 3.05) is 30.3 Å². The summed E-state index contributed by atoms with van der Waals surface area (Å²) in [5, 5.41) is 19.7.